The maximum atomic E-state index is 12.4. The molecular weight excluding hydrogens is 420 g/mol. The van der Waals surface area contributed by atoms with Gasteiger partial charge in [-0.1, -0.05) is 50.2 Å². The van der Waals surface area contributed by atoms with Crippen LogP contribution in [-0.4, -0.2) is 26.8 Å². The van der Waals surface area contributed by atoms with E-state index in [4.69, 9.17) is 16.0 Å². The predicted octanol–water partition coefficient (Wildman–Crippen LogP) is 3.71. The van der Waals surface area contributed by atoms with Crippen molar-refractivity contribution in [1.29, 1.82) is 0 Å². The summed E-state index contributed by atoms with van der Waals surface area (Å²) in [6.07, 6.45) is 4.01. The Morgan fingerprint density at radius 3 is 2.48 bits per heavy atom. The smallest absolute Gasteiger partial charge is 0.254 e. The summed E-state index contributed by atoms with van der Waals surface area (Å²) in [6, 6.07) is 9.24. The third-order valence-corrected chi connectivity index (χ3v) is 5.74. The molecule has 0 unspecified atom stereocenters. The van der Waals surface area contributed by atoms with E-state index in [0.717, 1.165) is 42.5 Å². The molecule has 4 rings (SSSR count). The van der Waals surface area contributed by atoms with E-state index < -0.39 is 5.91 Å². The van der Waals surface area contributed by atoms with Gasteiger partial charge in [0.05, 0.1) is 18.2 Å². The van der Waals surface area contributed by atoms with Crippen molar-refractivity contribution in [3.05, 3.63) is 47.2 Å². The molecule has 2 amide bonds. The maximum Gasteiger partial charge on any atom is 0.254 e. The van der Waals surface area contributed by atoms with Crippen LogP contribution < -0.4 is 16.8 Å². The van der Waals surface area contributed by atoms with Crippen molar-refractivity contribution in [2.75, 3.05) is 11.1 Å². The number of hydrogen-bond donors (Lipinski definition) is 3. The summed E-state index contributed by atoms with van der Waals surface area (Å²) in [5.41, 5.74) is 14.9. The lowest BCUT2D eigenvalue weighted by atomic mass is 9.91. The molecule has 0 saturated heterocycles. The minimum absolute atomic E-state index is 0.0760. The monoisotopic (exact) mass is 450 g/mol. The topological polar surface area (TPSA) is 142 Å². The largest absolute Gasteiger partial charge is 0.383 e. The zero-order valence-corrected chi connectivity index (χ0v) is 19.2. The van der Waals surface area contributed by atoms with E-state index in [1.54, 1.807) is 10.7 Å². The Labute approximate surface area is 192 Å². The van der Waals surface area contributed by atoms with Gasteiger partial charge in [-0.2, -0.15) is 5.10 Å². The number of aromatic nitrogens is 3. The maximum absolute atomic E-state index is 12.4. The number of benzene rings is 1. The number of primary amides is 1. The van der Waals surface area contributed by atoms with Crippen LogP contribution in [0.1, 0.15) is 67.7 Å². The first-order valence-corrected chi connectivity index (χ1v) is 11.1. The number of nitrogens with two attached hydrogens (primary N) is 2. The highest BCUT2D eigenvalue weighted by molar-refractivity contribution is 6.03. The van der Waals surface area contributed by atoms with Gasteiger partial charge < -0.3 is 16.0 Å². The third kappa shape index (κ3) is 5.08. The molecule has 5 N–H and O–H groups in total. The number of hydrogen-bond acceptors (Lipinski definition) is 6. The van der Waals surface area contributed by atoms with Crippen LogP contribution in [0.5, 0.6) is 0 Å². The van der Waals surface area contributed by atoms with E-state index in [-0.39, 0.29) is 29.3 Å². The van der Waals surface area contributed by atoms with Gasteiger partial charge in [0.1, 0.15) is 17.1 Å². The summed E-state index contributed by atoms with van der Waals surface area (Å²) < 4.78 is 6.94. The third-order valence-electron chi connectivity index (χ3n) is 5.74. The van der Waals surface area contributed by atoms with E-state index in [1.165, 1.54) is 0 Å². The molecule has 174 valence electrons. The molecule has 0 atom stereocenters. The number of nitrogens with zero attached hydrogens (tertiary/aromatic N) is 3. The Balaban J connectivity index is 1.45. The molecule has 1 saturated carbocycles. The summed E-state index contributed by atoms with van der Waals surface area (Å²) in [7, 11) is 0. The molecule has 2 aromatic heterocycles. The van der Waals surface area contributed by atoms with Crippen LogP contribution in [0, 0.1) is 5.41 Å². The van der Waals surface area contributed by atoms with Gasteiger partial charge in [-0.05, 0) is 36.7 Å². The van der Waals surface area contributed by atoms with Crippen molar-refractivity contribution < 1.29 is 14.1 Å². The normalized spacial score (nSPS) is 14.2. The van der Waals surface area contributed by atoms with Gasteiger partial charge in [0.15, 0.2) is 0 Å². The van der Waals surface area contributed by atoms with Gasteiger partial charge in [0, 0.05) is 11.6 Å². The summed E-state index contributed by atoms with van der Waals surface area (Å²) in [5.74, 6) is -0.172. The number of nitrogens with one attached hydrogen (secondary N) is 1. The highest BCUT2D eigenvalue weighted by Gasteiger charge is 2.28. The van der Waals surface area contributed by atoms with Crippen molar-refractivity contribution in [3.8, 4) is 11.3 Å². The van der Waals surface area contributed by atoms with Gasteiger partial charge in [-0.15, -0.1) is 0 Å². The van der Waals surface area contributed by atoms with Gasteiger partial charge in [0.25, 0.3) is 5.91 Å². The number of rotatable bonds is 7. The second-order valence-electron chi connectivity index (χ2n) is 9.84. The molecule has 1 aliphatic carbocycles. The van der Waals surface area contributed by atoms with Gasteiger partial charge >= 0.3 is 0 Å². The Morgan fingerprint density at radius 1 is 1.21 bits per heavy atom. The number of anilines is 2. The van der Waals surface area contributed by atoms with Crippen molar-refractivity contribution >= 4 is 23.5 Å². The second-order valence-corrected chi connectivity index (χ2v) is 9.84. The van der Waals surface area contributed by atoms with Gasteiger partial charge in [-0.3, -0.25) is 14.9 Å². The number of carbonyl (C=O) groups is 2. The Hall–Kier alpha value is -3.62. The fourth-order valence-electron chi connectivity index (χ4n) is 3.95. The second kappa shape index (κ2) is 8.73. The summed E-state index contributed by atoms with van der Waals surface area (Å²) in [6.45, 7) is 6.34. The van der Waals surface area contributed by atoms with Crippen LogP contribution in [0.4, 0.5) is 11.7 Å². The lowest BCUT2D eigenvalue weighted by Gasteiger charge is -2.26. The Morgan fingerprint density at radius 2 is 1.91 bits per heavy atom. The molecule has 0 aliphatic heterocycles. The number of carbonyl (C=O) groups excluding carboxylic acids is 2. The van der Waals surface area contributed by atoms with E-state index in [1.807, 2.05) is 24.3 Å². The number of nitrogen functional groups attached to an aromatic ring is 1. The fraction of sp³-hybridized carbons (Fsp3) is 0.417. The van der Waals surface area contributed by atoms with Crippen LogP contribution in [-0.2, 0) is 17.6 Å². The highest BCUT2D eigenvalue weighted by atomic mass is 16.5. The molecule has 1 aromatic carbocycles. The lowest BCUT2D eigenvalue weighted by Crippen LogP contribution is -2.21. The van der Waals surface area contributed by atoms with Gasteiger partial charge in [-0.25, -0.2) is 4.68 Å². The molecule has 0 bridgehead atoms. The first-order chi connectivity index (χ1) is 15.6. The quantitative estimate of drug-likeness (QED) is 0.501. The molecule has 0 radical (unpaired) electrons. The zero-order chi connectivity index (χ0) is 23.8. The van der Waals surface area contributed by atoms with Crippen LogP contribution in [0.2, 0.25) is 0 Å². The van der Waals surface area contributed by atoms with Crippen molar-refractivity contribution in [2.24, 2.45) is 11.1 Å². The van der Waals surface area contributed by atoms with Crippen molar-refractivity contribution in [3.63, 3.8) is 0 Å². The lowest BCUT2D eigenvalue weighted by molar-refractivity contribution is -0.115. The zero-order valence-electron chi connectivity index (χ0n) is 19.2. The summed E-state index contributed by atoms with van der Waals surface area (Å²) >= 11 is 0. The first kappa shape index (κ1) is 22.6. The molecule has 9 heteroatoms. The molecule has 3 aromatic rings. The minimum atomic E-state index is -0.602. The predicted molar refractivity (Wildman–Crippen MR) is 125 cm³/mol. The number of amides is 2. The molecule has 33 heavy (non-hydrogen) atoms. The summed E-state index contributed by atoms with van der Waals surface area (Å²) in [4.78, 5) is 24.5. The van der Waals surface area contributed by atoms with E-state index in [9.17, 15) is 9.59 Å². The SMILES string of the molecule is CC(C)(C)Cc1cc(NC(=O)Cc2ccc(-c3nn(C4CCC4)c(N)c3C(N)=O)cc2)on1. The summed E-state index contributed by atoms with van der Waals surface area (Å²) in [5, 5.41) is 11.3. The minimum Gasteiger partial charge on any atom is -0.383 e. The van der Waals surface area contributed by atoms with E-state index >= 15 is 0 Å². The molecule has 2 heterocycles. The van der Waals surface area contributed by atoms with Crippen LogP contribution in [0.15, 0.2) is 34.9 Å². The average molecular weight is 451 g/mol. The standard InChI is InChI=1S/C24H30N6O3/c1-24(2,3)13-16-12-19(33-29-16)27-18(31)11-14-7-9-15(10-8-14)21-20(23(26)32)22(25)30(28-21)17-5-4-6-17/h7-10,12,17H,4-6,11,13,25H2,1-3H3,(H2,26,32)(H,27,31). The highest BCUT2D eigenvalue weighted by Crippen LogP contribution is 2.37. The molecule has 9 nitrogen and oxygen atoms in total. The Bertz CT molecular complexity index is 1170. The molecule has 1 fully saturated rings. The van der Waals surface area contributed by atoms with E-state index in [0.29, 0.717) is 17.4 Å². The fourth-order valence-corrected chi connectivity index (χ4v) is 3.95. The molecule has 0 spiro atoms. The van der Waals surface area contributed by atoms with E-state index in [2.05, 4.69) is 36.3 Å². The molecular formula is C24H30N6O3. The molecule has 1 aliphatic rings. The van der Waals surface area contributed by atoms with Crippen LogP contribution in [0.3, 0.4) is 0 Å². The van der Waals surface area contributed by atoms with Crippen molar-refractivity contribution in [1.82, 2.24) is 14.9 Å². The van der Waals surface area contributed by atoms with Crippen LogP contribution in [0.25, 0.3) is 11.3 Å². The Kier molecular flexibility index (Phi) is 5.97. The first-order valence-electron chi connectivity index (χ1n) is 11.1. The van der Waals surface area contributed by atoms with Crippen molar-refractivity contribution in [2.45, 2.75) is 58.9 Å². The van der Waals surface area contributed by atoms with Gasteiger partial charge in [0.2, 0.25) is 11.8 Å². The average Bonchev–Trinajstić information content (AvgIpc) is 3.24. The van der Waals surface area contributed by atoms with Crippen LogP contribution >= 0.6 is 0 Å².